The van der Waals surface area contributed by atoms with Crippen LogP contribution in [0.4, 0.5) is 0 Å². The maximum atomic E-state index is 12.0. The molecule has 0 bridgehead atoms. The molecule has 1 saturated heterocycles. The van der Waals surface area contributed by atoms with Crippen molar-refractivity contribution in [2.24, 2.45) is 5.92 Å². The average molecular weight is 270 g/mol. The normalized spacial score (nSPS) is 20.4. The van der Waals surface area contributed by atoms with E-state index in [1.54, 1.807) is 4.90 Å². The molecule has 0 aliphatic carbocycles. The monoisotopic (exact) mass is 270 g/mol. The molecular formula is C14H26N2O3. The van der Waals surface area contributed by atoms with E-state index in [0.717, 1.165) is 19.4 Å². The Balaban J connectivity index is 2.47. The summed E-state index contributed by atoms with van der Waals surface area (Å²) < 4.78 is 5.06. The predicted octanol–water partition coefficient (Wildman–Crippen LogP) is 1.13. The number of likely N-dealkylation sites (tertiary alicyclic amines) is 1. The lowest BCUT2D eigenvalue weighted by Gasteiger charge is -2.32. The molecular weight excluding hydrogens is 244 g/mol. The molecule has 5 heteroatoms. The second kappa shape index (κ2) is 7.48. The zero-order valence-electron chi connectivity index (χ0n) is 12.5. The third kappa shape index (κ3) is 4.82. The quantitative estimate of drug-likeness (QED) is 0.703. The molecule has 1 atom stereocenters. The lowest BCUT2D eigenvalue weighted by Crippen LogP contribution is -2.46. The highest BCUT2D eigenvalue weighted by Gasteiger charge is 2.28. The van der Waals surface area contributed by atoms with Gasteiger partial charge < -0.3 is 9.64 Å². The Bertz CT molecular complexity index is 318. The van der Waals surface area contributed by atoms with Crippen molar-refractivity contribution < 1.29 is 14.3 Å². The largest absolute Gasteiger partial charge is 0.466 e. The van der Waals surface area contributed by atoms with Crippen LogP contribution in [0.2, 0.25) is 0 Å². The van der Waals surface area contributed by atoms with Crippen LogP contribution in [0.3, 0.4) is 0 Å². The van der Waals surface area contributed by atoms with Gasteiger partial charge in [-0.25, -0.2) is 0 Å². The van der Waals surface area contributed by atoms with Gasteiger partial charge in [0, 0.05) is 19.6 Å². The number of amides is 1. The highest BCUT2D eigenvalue weighted by molar-refractivity contribution is 5.78. The predicted molar refractivity (Wildman–Crippen MR) is 73.7 cm³/mol. The average Bonchev–Trinajstić information content (AvgIpc) is 2.38. The molecule has 0 aromatic carbocycles. The smallest absolute Gasteiger partial charge is 0.310 e. The fraction of sp³-hybridized carbons (Fsp3) is 0.857. The van der Waals surface area contributed by atoms with Crippen LogP contribution in [0.15, 0.2) is 0 Å². The highest BCUT2D eigenvalue weighted by Crippen LogP contribution is 2.18. The number of carbonyl (C=O) groups excluding carboxylic acids is 2. The molecule has 1 rings (SSSR count). The van der Waals surface area contributed by atoms with Crippen molar-refractivity contribution in [3.05, 3.63) is 0 Å². The van der Waals surface area contributed by atoms with Crippen LogP contribution in [0.1, 0.15) is 33.6 Å². The second-order valence-electron chi connectivity index (χ2n) is 5.42. The van der Waals surface area contributed by atoms with E-state index < -0.39 is 0 Å². The van der Waals surface area contributed by atoms with E-state index in [0.29, 0.717) is 19.7 Å². The first-order chi connectivity index (χ1) is 8.95. The number of likely N-dealkylation sites (N-methyl/N-ethyl adjacent to an activating group) is 1. The van der Waals surface area contributed by atoms with Gasteiger partial charge in [-0.1, -0.05) is 0 Å². The molecule has 1 aliphatic rings. The van der Waals surface area contributed by atoms with Gasteiger partial charge in [-0.15, -0.1) is 0 Å². The van der Waals surface area contributed by atoms with Crippen molar-refractivity contribution in [2.45, 2.75) is 39.7 Å². The Kier molecular flexibility index (Phi) is 6.28. The van der Waals surface area contributed by atoms with Crippen LogP contribution >= 0.6 is 0 Å². The van der Waals surface area contributed by atoms with Crippen LogP contribution in [-0.2, 0) is 14.3 Å². The molecule has 0 aromatic heterocycles. The standard InChI is InChI=1S/C14H26N2O3/c1-5-19-14(18)12-7-6-8-16(9-12)10-13(17)15(4)11(2)3/h11-12H,5-10H2,1-4H3/t12-/m1/s1. The summed E-state index contributed by atoms with van der Waals surface area (Å²) in [6.45, 7) is 8.14. The van der Waals surface area contributed by atoms with Crippen LogP contribution in [0, 0.1) is 5.92 Å². The van der Waals surface area contributed by atoms with Crippen LogP contribution in [-0.4, -0.2) is 61.0 Å². The number of rotatable bonds is 5. The van der Waals surface area contributed by atoms with E-state index in [9.17, 15) is 9.59 Å². The molecule has 1 heterocycles. The summed E-state index contributed by atoms with van der Waals surface area (Å²) in [4.78, 5) is 27.6. The van der Waals surface area contributed by atoms with Crippen molar-refractivity contribution in [3.63, 3.8) is 0 Å². The molecule has 0 radical (unpaired) electrons. The van der Waals surface area contributed by atoms with E-state index in [1.807, 2.05) is 27.8 Å². The second-order valence-corrected chi connectivity index (χ2v) is 5.42. The topological polar surface area (TPSA) is 49.9 Å². The molecule has 0 N–H and O–H groups in total. The summed E-state index contributed by atoms with van der Waals surface area (Å²) >= 11 is 0. The summed E-state index contributed by atoms with van der Waals surface area (Å²) in [6, 6.07) is 0.207. The lowest BCUT2D eigenvalue weighted by molar-refractivity contribution is -0.150. The summed E-state index contributed by atoms with van der Waals surface area (Å²) in [7, 11) is 1.82. The number of ether oxygens (including phenoxy) is 1. The number of carbonyl (C=O) groups is 2. The molecule has 0 unspecified atom stereocenters. The Hall–Kier alpha value is -1.10. The van der Waals surface area contributed by atoms with Gasteiger partial charge in [0.25, 0.3) is 0 Å². The first kappa shape index (κ1) is 16.0. The number of nitrogens with zero attached hydrogens (tertiary/aromatic N) is 2. The van der Waals surface area contributed by atoms with E-state index in [2.05, 4.69) is 4.90 Å². The van der Waals surface area contributed by atoms with E-state index >= 15 is 0 Å². The maximum absolute atomic E-state index is 12.0. The van der Waals surface area contributed by atoms with Gasteiger partial charge in [0.15, 0.2) is 0 Å². The van der Waals surface area contributed by atoms with Crippen molar-refractivity contribution >= 4 is 11.9 Å². The minimum absolute atomic E-state index is 0.0779. The first-order valence-corrected chi connectivity index (χ1v) is 7.10. The third-order valence-electron chi connectivity index (χ3n) is 3.65. The van der Waals surface area contributed by atoms with Crippen molar-refractivity contribution in [1.29, 1.82) is 0 Å². The Morgan fingerprint density at radius 2 is 2.11 bits per heavy atom. The molecule has 1 fully saturated rings. The molecule has 5 nitrogen and oxygen atoms in total. The van der Waals surface area contributed by atoms with Gasteiger partial charge in [-0.05, 0) is 40.2 Å². The van der Waals surface area contributed by atoms with Crippen LogP contribution in [0.5, 0.6) is 0 Å². The molecule has 0 saturated carbocycles. The van der Waals surface area contributed by atoms with Gasteiger partial charge in [0.05, 0.1) is 19.1 Å². The number of hydrogen-bond donors (Lipinski definition) is 0. The van der Waals surface area contributed by atoms with Gasteiger partial charge in [-0.3, -0.25) is 14.5 Å². The number of piperidine rings is 1. The fourth-order valence-corrected chi connectivity index (χ4v) is 2.24. The Morgan fingerprint density at radius 3 is 2.68 bits per heavy atom. The number of esters is 1. The van der Waals surface area contributed by atoms with Crippen LogP contribution in [0.25, 0.3) is 0 Å². The van der Waals surface area contributed by atoms with Crippen LogP contribution < -0.4 is 0 Å². The maximum Gasteiger partial charge on any atom is 0.310 e. The molecule has 1 amide bonds. The Labute approximate surface area is 115 Å². The SMILES string of the molecule is CCOC(=O)[C@@H]1CCCN(CC(=O)N(C)C(C)C)C1. The summed E-state index contributed by atoms with van der Waals surface area (Å²) in [5, 5.41) is 0. The van der Waals surface area contributed by atoms with Gasteiger partial charge in [0.2, 0.25) is 5.91 Å². The van der Waals surface area contributed by atoms with Gasteiger partial charge >= 0.3 is 5.97 Å². The molecule has 19 heavy (non-hydrogen) atoms. The molecule has 1 aliphatic heterocycles. The van der Waals surface area contributed by atoms with E-state index in [4.69, 9.17) is 4.74 Å². The Morgan fingerprint density at radius 1 is 1.42 bits per heavy atom. The number of hydrogen-bond acceptors (Lipinski definition) is 4. The summed E-state index contributed by atoms with van der Waals surface area (Å²) in [5.41, 5.74) is 0. The first-order valence-electron chi connectivity index (χ1n) is 7.10. The zero-order valence-corrected chi connectivity index (χ0v) is 12.5. The summed E-state index contributed by atoms with van der Waals surface area (Å²) in [5.74, 6) is -0.0952. The minimum Gasteiger partial charge on any atom is -0.466 e. The molecule has 0 spiro atoms. The third-order valence-corrected chi connectivity index (χ3v) is 3.65. The van der Waals surface area contributed by atoms with Gasteiger partial charge in [-0.2, -0.15) is 0 Å². The van der Waals surface area contributed by atoms with Crippen molar-refractivity contribution in [3.8, 4) is 0 Å². The fourth-order valence-electron chi connectivity index (χ4n) is 2.24. The minimum atomic E-state index is -0.128. The molecule has 0 aromatic rings. The van der Waals surface area contributed by atoms with E-state index in [1.165, 1.54) is 0 Å². The summed E-state index contributed by atoms with van der Waals surface area (Å²) in [6.07, 6.45) is 1.81. The van der Waals surface area contributed by atoms with E-state index in [-0.39, 0.29) is 23.8 Å². The lowest BCUT2D eigenvalue weighted by atomic mass is 9.98. The highest BCUT2D eigenvalue weighted by atomic mass is 16.5. The van der Waals surface area contributed by atoms with Gasteiger partial charge in [0.1, 0.15) is 0 Å². The van der Waals surface area contributed by atoms with Crippen molar-refractivity contribution in [2.75, 3.05) is 33.3 Å². The molecule has 110 valence electrons. The zero-order chi connectivity index (χ0) is 14.4. The van der Waals surface area contributed by atoms with Crippen molar-refractivity contribution in [1.82, 2.24) is 9.80 Å².